The summed E-state index contributed by atoms with van der Waals surface area (Å²) in [5.41, 5.74) is -0.263. The Morgan fingerprint density at radius 3 is 1.41 bits per heavy atom. The van der Waals surface area contributed by atoms with Crippen molar-refractivity contribution in [1.82, 2.24) is 21.3 Å². The first-order chi connectivity index (χ1) is 24.7. The zero-order chi connectivity index (χ0) is 37.4. The molecule has 0 fully saturated rings. The maximum absolute atomic E-state index is 13.3. The number of nitrogens with one attached hydrogen (secondary N) is 4. The average molecular weight is 721 g/mol. The number of benzene rings is 1. The van der Waals surface area contributed by atoms with Crippen molar-refractivity contribution in [3.05, 3.63) is 35.9 Å². The van der Waals surface area contributed by atoms with Gasteiger partial charge < -0.3 is 40.2 Å². The van der Waals surface area contributed by atoms with Crippen molar-refractivity contribution in [2.75, 3.05) is 59.3 Å². The molecular weight excluding hydrogens is 656 g/mol. The summed E-state index contributed by atoms with van der Waals surface area (Å²) < 4.78 is 23.1. The fraction of sp³-hybridized carbons (Fsp3) is 0.711. The van der Waals surface area contributed by atoms with Crippen molar-refractivity contribution in [2.24, 2.45) is 0 Å². The van der Waals surface area contributed by atoms with Gasteiger partial charge in [0.2, 0.25) is 23.6 Å². The summed E-state index contributed by atoms with van der Waals surface area (Å²) >= 11 is 0. The monoisotopic (exact) mass is 720 g/mol. The van der Waals surface area contributed by atoms with E-state index in [1.807, 2.05) is 51.1 Å². The van der Waals surface area contributed by atoms with Crippen LogP contribution in [0.5, 0.6) is 0 Å². The molecule has 0 saturated heterocycles. The third-order valence-electron chi connectivity index (χ3n) is 7.79. The average Bonchev–Trinajstić information content (AvgIpc) is 3.12. The molecule has 1 rings (SSSR count). The molecule has 0 aromatic heterocycles. The molecule has 290 valence electrons. The molecule has 0 saturated carbocycles. The van der Waals surface area contributed by atoms with Gasteiger partial charge in [0.1, 0.15) is 12.1 Å². The molecule has 4 N–H and O–H groups in total. The molecule has 13 heteroatoms. The summed E-state index contributed by atoms with van der Waals surface area (Å²) in [7, 11) is 0. The predicted molar refractivity (Wildman–Crippen MR) is 196 cm³/mol. The molecule has 0 radical (unpaired) electrons. The molecular formula is C38H64N4O9. The van der Waals surface area contributed by atoms with Crippen LogP contribution >= 0.6 is 0 Å². The van der Waals surface area contributed by atoms with Crippen molar-refractivity contribution in [2.45, 2.75) is 116 Å². The molecule has 0 heterocycles. The lowest BCUT2D eigenvalue weighted by atomic mass is 10.0. The topological polar surface area (TPSA) is 170 Å². The van der Waals surface area contributed by atoms with Crippen LogP contribution in [0.1, 0.15) is 110 Å². The number of carbonyl (C=O) groups excluding carboxylic acids is 5. The van der Waals surface area contributed by atoms with Crippen LogP contribution in [0, 0.1) is 0 Å². The third kappa shape index (κ3) is 25.1. The Hall–Kier alpha value is -3.55. The second-order valence-corrected chi connectivity index (χ2v) is 12.7. The van der Waals surface area contributed by atoms with E-state index in [0.29, 0.717) is 32.5 Å². The van der Waals surface area contributed by atoms with Gasteiger partial charge in [0.05, 0.1) is 39.6 Å². The van der Waals surface area contributed by atoms with Crippen molar-refractivity contribution in [1.29, 1.82) is 0 Å². The molecule has 0 aliphatic heterocycles. The Labute approximate surface area is 305 Å². The number of hydrogen-bond acceptors (Lipinski definition) is 9. The number of unbranched alkanes of at least 4 members (excludes halogenated alkanes) is 4. The van der Waals surface area contributed by atoms with Crippen LogP contribution < -0.4 is 21.3 Å². The summed E-state index contributed by atoms with van der Waals surface area (Å²) in [4.78, 5) is 62.3. The minimum atomic E-state index is -1.16. The van der Waals surface area contributed by atoms with Crippen molar-refractivity contribution < 1.29 is 42.9 Å². The van der Waals surface area contributed by atoms with Crippen LogP contribution in [-0.4, -0.2) is 94.4 Å². The number of carbonyl (C=O) groups is 5. The molecule has 0 atom stereocenters. The van der Waals surface area contributed by atoms with E-state index in [9.17, 15) is 24.0 Å². The van der Waals surface area contributed by atoms with E-state index in [1.165, 1.54) is 0 Å². The smallest absolute Gasteiger partial charge is 0.306 e. The fourth-order valence-corrected chi connectivity index (χ4v) is 4.73. The van der Waals surface area contributed by atoms with Gasteiger partial charge in [-0.25, -0.2) is 0 Å². The summed E-state index contributed by atoms with van der Waals surface area (Å²) in [6.07, 6.45) is 7.23. The molecule has 0 bridgehead atoms. The lowest BCUT2D eigenvalue weighted by Crippen LogP contribution is -2.58. The summed E-state index contributed by atoms with van der Waals surface area (Å²) in [5, 5.41) is 11.6. The van der Waals surface area contributed by atoms with Crippen molar-refractivity contribution in [3.8, 4) is 0 Å². The maximum Gasteiger partial charge on any atom is 0.306 e. The van der Waals surface area contributed by atoms with Crippen LogP contribution in [0.2, 0.25) is 0 Å². The van der Waals surface area contributed by atoms with Gasteiger partial charge in [-0.2, -0.15) is 0 Å². The van der Waals surface area contributed by atoms with E-state index in [1.54, 1.807) is 0 Å². The third-order valence-corrected chi connectivity index (χ3v) is 7.79. The predicted octanol–water partition coefficient (Wildman–Crippen LogP) is 4.11. The zero-order valence-electron chi connectivity index (χ0n) is 31.3. The van der Waals surface area contributed by atoms with Crippen LogP contribution in [0.15, 0.2) is 30.3 Å². The molecule has 0 aliphatic rings. The summed E-state index contributed by atoms with van der Waals surface area (Å²) in [6, 6.07) is 9.42. The summed E-state index contributed by atoms with van der Waals surface area (Å²) in [5.74, 6) is -1.02. The minimum Gasteiger partial charge on any atom is -0.461 e. The normalized spacial score (nSPS) is 11.1. The van der Waals surface area contributed by atoms with Gasteiger partial charge in [-0.1, -0.05) is 70.4 Å². The van der Waals surface area contributed by atoms with E-state index in [2.05, 4.69) is 21.3 Å². The highest BCUT2D eigenvalue weighted by Gasteiger charge is 2.34. The van der Waals surface area contributed by atoms with Crippen LogP contribution in [0.3, 0.4) is 0 Å². The fourth-order valence-electron chi connectivity index (χ4n) is 4.73. The van der Waals surface area contributed by atoms with Gasteiger partial charge in [0.25, 0.3) is 0 Å². The number of amides is 4. The first kappa shape index (κ1) is 45.5. The SMILES string of the molecule is CCCCNC(=O)CCOCC(COCCC(=O)NCCCC)(COCCC(=O)NCCCC)NC(=O)CCCCC(=O)OCc1ccccc1. The maximum atomic E-state index is 13.3. The Morgan fingerprint density at radius 2 is 0.980 bits per heavy atom. The minimum absolute atomic E-state index is 0.0296. The van der Waals surface area contributed by atoms with Crippen LogP contribution in [-0.2, 0) is 49.5 Å². The Kier molecular flexibility index (Phi) is 26.8. The highest BCUT2D eigenvalue weighted by atomic mass is 16.5. The van der Waals surface area contributed by atoms with Crippen LogP contribution in [0.4, 0.5) is 0 Å². The molecule has 51 heavy (non-hydrogen) atoms. The Balaban J connectivity index is 2.85. The van der Waals surface area contributed by atoms with Gasteiger partial charge in [0.15, 0.2) is 0 Å². The Morgan fingerprint density at radius 1 is 0.549 bits per heavy atom. The zero-order valence-corrected chi connectivity index (χ0v) is 31.3. The highest BCUT2D eigenvalue weighted by Crippen LogP contribution is 2.13. The van der Waals surface area contributed by atoms with Crippen molar-refractivity contribution in [3.63, 3.8) is 0 Å². The van der Waals surface area contributed by atoms with Gasteiger partial charge in [-0.15, -0.1) is 0 Å². The van der Waals surface area contributed by atoms with Gasteiger partial charge in [-0.05, 0) is 37.7 Å². The van der Waals surface area contributed by atoms with Gasteiger partial charge in [0, 0.05) is 51.7 Å². The van der Waals surface area contributed by atoms with E-state index >= 15 is 0 Å². The van der Waals surface area contributed by atoms with Crippen molar-refractivity contribution >= 4 is 29.6 Å². The highest BCUT2D eigenvalue weighted by molar-refractivity contribution is 5.77. The first-order valence-corrected chi connectivity index (χ1v) is 18.8. The molecule has 1 aromatic carbocycles. The molecule has 4 amide bonds. The van der Waals surface area contributed by atoms with Crippen LogP contribution in [0.25, 0.3) is 0 Å². The molecule has 0 spiro atoms. The number of esters is 1. The quantitative estimate of drug-likeness (QED) is 0.0632. The van der Waals surface area contributed by atoms with E-state index < -0.39 is 5.54 Å². The second-order valence-electron chi connectivity index (χ2n) is 12.7. The lowest BCUT2D eigenvalue weighted by molar-refractivity contribution is -0.145. The molecule has 0 aliphatic carbocycles. The summed E-state index contributed by atoms with van der Waals surface area (Å²) in [6.45, 7) is 8.38. The number of rotatable bonds is 32. The van der Waals surface area contributed by atoms with E-state index in [0.717, 1.165) is 44.1 Å². The largest absolute Gasteiger partial charge is 0.461 e. The van der Waals surface area contributed by atoms with Gasteiger partial charge in [-0.3, -0.25) is 24.0 Å². The molecule has 13 nitrogen and oxygen atoms in total. The first-order valence-electron chi connectivity index (χ1n) is 18.8. The molecule has 0 unspecified atom stereocenters. The lowest BCUT2D eigenvalue weighted by Gasteiger charge is -2.34. The standard InChI is InChI=1S/C38H64N4O9/c1-4-7-22-39-33(43)19-25-48-29-38(30-49-26-20-34(44)40-23-8-5-2,31-50-27-21-35(45)41-24-9-6-3)42-36(46)17-13-14-18-37(47)51-28-32-15-11-10-12-16-32/h10-12,15-16H,4-9,13-14,17-31H2,1-3H3,(H,39,43)(H,40,44)(H,41,45)(H,42,46). The molecule has 1 aromatic rings. The van der Waals surface area contributed by atoms with E-state index in [4.69, 9.17) is 18.9 Å². The second kappa shape index (κ2) is 30.1. The Bertz CT molecular complexity index is 1030. The number of hydrogen-bond donors (Lipinski definition) is 4. The number of ether oxygens (including phenoxy) is 4. The van der Waals surface area contributed by atoms with E-state index in [-0.39, 0.29) is 108 Å². The van der Waals surface area contributed by atoms with Gasteiger partial charge >= 0.3 is 5.97 Å².